The van der Waals surface area contributed by atoms with Crippen LogP contribution >= 0.6 is 0 Å². The van der Waals surface area contributed by atoms with Gasteiger partial charge in [0.15, 0.2) is 0 Å². The molecular weight excluding hydrogens is 275 g/mol. The van der Waals surface area contributed by atoms with Crippen LogP contribution in [0.1, 0.15) is 34.2 Å². The summed E-state index contributed by atoms with van der Waals surface area (Å²) in [6.07, 6.45) is 2.65. The van der Waals surface area contributed by atoms with E-state index in [1.54, 1.807) is 22.9 Å². The maximum atomic E-state index is 13.1. The van der Waals surface area contributed by atoms with Gasteiger partial charge in [-0.3, -0.25) is 4.79 Å². The predicted octanol–water partition coefficient (Wildman–Crippen LogP) is 2.99. The number of rotatable bonds is 5. The molecule has 1 aromatic heterocycles. The molecule has 0 aliphatic heterocycles. The normalized spacial score (nSPS) is 10.4. The Hall–Kier alpha value is -2.63. The zero-order valence-electron chi connectivity index (χ0n) is 11.5. The molecule has 0 aliphatic carbocycles. The van der Waals surface area contributed by atoms with Gasteiger partial charge < -0.3 is 15.0 Å². The van der Waals surface area contributed by atoms with E-state index in [9.17, 15) is 14.0 Å². The number of aromatic carboxylic acids is 1. The molecule has 0 bridgehead atoms. The largest absolute Gasteiger partial charge is 0.478 e. The number of amides is 1. The minimum atomic E-state index is -1.30. The number of carboxylic acid groups (broad SMARTS) is 1. The number of carbonyl (C=O) groups excluding carboxylic acids is 1. The summed E-state index contributed by atoms with van der Waals surface area (Å²) < 4.78 is 14.9. The van der Waals surface area contributed by atoms with Gasteiger partial charge in [0.1, 0.15) is 11.5 Å². The van der Waals surface area contributed by atoms with E-state index in [-0.39, 0.29) is 11.3 Å². The topological polar surface area (TPSA) is 71.3 Å². The van der Waals surface area contributed by atoms with Gasteiger partial charge in [0.25, 0.3) is 5.91 Å². The highest BCUT2D eigenvalue weighted by molar-refractivity contribution is 6.07. The third-order valence-corrected chi connectivity index (χ3v) is 2.99. The summed E-state index contributed by atoms with van der Waals surface area (Å²) >= 11 is 0. The highest BCUT2D eigenvalue weighted by atomic mass is 19.1. The van der Waals surface area contributed by atoms with Crippen LogP contribution in [0.2, 0.25) is 0 Å². The van der Waals surface area contributed by atoms with Gasteiger partial charge in [0, 0.05) is 12.7 Å². The van der Waals surface area contributed by atoms with Crippen LogP contribution in [-0.4, -0.2) is 21.6 Å². The number of nitrogens with one attached hydrogen (secondary N) is 1. The Kier molecular flexibility index (Phi) is 4.37. The molecule has 2 rings (SSSR count). The summed E-state index contributed by atoms with van der Waals surface area (Å²) in [6.45, 7) is 2.68. The highest BCUT2D eigenvalue weighted by Crippen LogP contribution is 2.18. The van der Waals surface area contributed by atoms with Gasteiger partial charge in [-0.25, -0.2) is 9.18 Å². The maximum Gasteiger partial charge on any atom is 0.337 e. The fourth-order valence-electron chi connectivity index (χ4n) is 2.04. The van der Waals surface area contributed by atoms with Gasteiger partial charge in [-0.15, -0.1) is 0 Å². The number of benzene rings is 1. The first-order valence-electron chi connectivity index (χ1n) is 6.52. The summed E-state index contributed by atoms with van der Waals surface area (Å²) in [7, 11) is 0. The van der Waals surface area contributed by atoms with Crippen LogP contribution in [0.15, 0.2) is 36.5 Å². The molecule has 5 nitrogen and oxygen atoms in total. The van der Waals surface area contributed by atoms with Crippen molar-refractivity contribution in [2.75, 3.05) is 5.32 Å². The molecule has 0 fully saturated rings. The molecule has 110 valence electrons. The standard InChI is InChI=1S/C15H15FN2O3/c1-2-7-18-8-3-4-13(18)14(19)17-12-6-5-10(16)9-11(12)15(20)21/h3-6,8-9H,2,7H2,1H3,(H,17,19)(H,20,21). The molecule has 1 amide bonds. The van der Waals surface area contributed by atoms with Crippen LogP contribution in [0.4, 0.5) is 10.1 Å². The molecule has 0 saturated carbocycles. The van der Waals surface area contributed by atoms with Crippen molar-refractivity contribution in [1.29, 1.82) is 0 Å². The van der Waals surface area contributed by atoms with Crippen LogP contribution in [0.3, 0.4) is 0 Å². The van der Waals surface area contributed by atoms with Gasteiger partial charge in [0.2, 0.25) is 0 Å². The maximum absolute atomic E-state index is 13.1. The summed E-state index contributed by atoms with van der Waals surface area (Å²) in [5, 5.41) is 11.6. The number of hydrogen-bond donors (Lipinski definition) is 2. The van der Waals surface area contributed by atoms with Crippen molar-refractivity contribution in [2.45, 2.75) is 19.9 Å². The van der Waals surface area contributed by atoms with Gasteiger partial charge in [0.05, 0.1) is 11.3 Å². The van der Waals surface area contributed by atoms with Gasteiger partial charge in [-0.05, 0) is 36.8 Å². The molecule has 0 saturated heterocycles. The Morgan fingerprint density at radius 2 is 2.10 bits per heavy atom. The van der Waals surface area contributed by atoms with Crippen LogP contribution in [-0.2, 0) is 6.54 Å². The van der Waals surface area contributed by atoms with E-state index in [1.165, 1.54) is 6.07 Å². The predicted molar refractivity (Wildman–Crippen MR) is 76.0 cm³/mol. The van der Waals surface area contributed by atoms with Crippen molar-refractivity contribution in [2.24, 2.45) is 0 Å². The number of anilines is 1. The summed E-state index contributed by atoms with van der Waals surface area (Å²) in [4.78, 5) is 23.3. The van der Waals surface area contributed by atoms with Crippen molar-refractivity contribution in [3.05, 3.63) is 53.6 Å². The van der Waals surface area contributed by atoms with Crippen LogP contribution in [0.5, 0.6) is 0 Å². The average molecular weight is 290 g/mol. The monoisotopic (exact) mass is 290 g/mol. The van der Waals surface area contributed by atoms with Crippen molar-refractivity contribution < 1.29 is 19.1 Å². The molecule has 0 unspecified atom stereocenters. The van der Waals surface area contributed by atoms with E-state index in [1.807, 2.05) is 6.92 Å². The Balaban J connectivity index is 2.27. The molecule has 1 aromatic carbocycles. The van der Waals surface area contributed by atoms with E-state index in [0.29, 0.717) is 12.2 Å². The molecule has 0 aliphatic rings. The van der Waals surface area contributed by atoms with E-state index >= 15 is 0 Å². The number of aryl methyl sites for hydroxylation is 1. The molecule has 0 atom stereocenters. The van der Waals surface area contributed by atoms with E-state index in [4.69, 9.17) is 5.11 Å². The number of aromatic nitrogens is 1. The summed E-state index contributed by atoms with van der Waals surface area (Å²) in [5.74, 6) is -2.39. The Morgan fingerprint density at radius 3 is 2.76 bits per heavy atom. The molecule has 2 N–H and O–H groups in total. The van der Waals surface area contributed by atoms with Crippen LogP contribution < -0.4 is 5.32 Å². The van der Waals surface area contributed by atoms with Crippen molar-refractivity contribution in [3.8, 4) is 0 Å². The van der Waals surface area contributed by atoms with Gasteiger partial charge in [-0.2, -0.15) is 0 Å². The first-order valence-corrected chi connectivity index (χ1v) is 6.52. The lowest BCUT2D eigenvalue weighted by atomic mass is 10.1. The second-order valence-electron chi connectivity index (χ2n) is 4.54. The number of carboxylic acids is 1. The number of hydrogen-bond acceptors (Lipinski definition) is 2. The van der Waals surface area contributed by atoms with Crippen LogP contribution in [0, 0.1) is 5.82 Å². The molecule has 0 radical (unpaired) electrons. The number of nitrogens with zero attached hydrogens (tertiary/aromatic N) is 1. The lowest BCUT2D eigenvalue weighted by Gasteiger charge is -2.10. The molecule has 6 heteroatoms. The number of carbonyl (C=O) groups is 2. The Labute approximate surface area is 121 Å². The minimum absolute atomic E-state index is 0.0677. The van der Waals surface area contributed by atoms with E-state index in [2.05, 4.69) is 5.32 Å². The van der Waals surface area contributed by atoms with Crippen molar-refractivity contribution >= 4 is 17.6 Å². The van der Waals surface area contributed by atoms with Gasteiger partial charge in [-0.1, -0.05) is 6.92 Å². The highest BCUT2D eigenvalue weighted by Gasteiger charge is 2.16. The molecule has 0 spiro atoms. The summed E-state index contributed by atoms with van der Waals surface area (Å²) in [5.41, 5.74) is 0.215. The molecular formula is C15H15FN2O3. The zero-order valence-corrected chi connectivity index (χ0v) is 11.5. The van der Waals surface area contributed by atoms with Crippen molar-refractivity contribution in [1.82, 2.24) is 4.57 Å². The van der Waals surface area contributed by atoms with E-state index in [0.717, 1.165) is 18.6 Å². The first kappa shape index (κ1) is 14.8. The average Bonchev–Trinajstić information content (AvgIpc) is 2.89. The molecule has 21 heavy (non-hydrogen) atoms. The SMILES string of the molecule is CCCn1cccc1C(=O)Nc1ccc(F)cc1C(=O)O. The second kappa shape index (κ2) is 6.21. The zero-order chi connectivity index (χ0) is 15.4. The Bertz CT molecular complexity index is 679. The fourth-order valence-corrected chi connectivity index (χ4v) is 2.04. The third kappa shape index (κ3) is 3.28. The van der Waals surface area contributed by atoms with E-state index < -0.39 is 17.7 Å². The smallest absolute Gasteiger partial charge is 0.337 e. The summed E-state index contributed by atoms with van der Waals surface area (Å²) in [6, 6.07) is 6.61. The lowest BCUT2D eigenvalue weighted by Crippen LogP contribution is -2.18. The molecule has 2 aromatic rings. The second-order valence-corrected chi connectivity index (χ2v) is 4.54. The lowest BCUT2D eigenvalue weighted by molar-refractivity contribution is 0.0697. The fraction of sp³-hybridized carbons (Fsp3) is 0.200. The number of halogens is 1. The third-order valence-electron chi connectivity index (χ3n) is 2.99. The quantitative estimate of drug-likeness (QED) is 0.889. The van der Waals surface area contributed by atoms with Crippen molar-refractivity contribution in [3.63, 3.8) is 0 Å². The minimum Gasteiger partial charge on any atom is -0.478 e. The van der Waals surface area contributed by atoms with Gasteiger partial charge >= 0.3 is 5.97 Å². The van der Waals surface area contributed by atoms with Crippen LogP contribution in [0.25, 0.3) is 0 Å². The first-order chi connectivity index (χ1) is 10.0. The molecule has 1 heterocycles. The Morgan fingerprint density at radius 1 is 1.33 bits per heavy atom.